The quantitative estimate of drug-likeness (QED) is 0.689. The van der Waals surface area contributed by atoms with E-state index in [9.17, 15) is 4.39 Å². The first-order valence-electron chi connectivity index (χ1n) is 6.08. The molecule has 0 saturated heterocycles. The number of ether oxygens (including phenoxy) is 1. The highest BCUT2D eigenvalue weighted by Crippen LogP contribution is 2.25. The zero-order valence-electron chi connectivity index (χ0n) is 10.6. The molecule has 0 spiro atoms. The highest BCUT2D eigenvalue weighted by molar-refractivity contribution is 5.35. The fraction of sp³-hybridized carbons (Fsp3) is 0.0588. The summed E-state index contributed by atoms with van der Waals surface area (Å²) in [5, 5.41) is 0. The van der Waals surface area contributed by atoms with Gasteiger partial charge in [-0.15, -0.1) is 0 Å². The predicted octanol–water partition coefficient (Wildman–Crippen LogP) is 4.90. The molecular formula is C17H15FO. The molecule has 0 N–H and O–H groups in total. The van der Waals surface area contributed by atoms with E-state index in [0.717, 1.165) is 12.0 Å². The lowest BCUT2D eigenvalue weighted by atomic mass is 10.1. The van der Waals surface area contributed by atoms with Crippen molar-refractivity contribution in [2.45, 2.75) is 6.42 Å². The zero-order valence-corrected chi connectivity index (χ0v) is 10.6. The van der Waals surface area contributed by atoms with Gasteiger partial charge in [-0.3, -0.25) is 0 Å². The third-order valence-electron chi connectivity index (χ3n) is 2.59. The summed E-state index contributed by atoms with van der Waals surface area (Å²) in [7, 11) is 0. The van der Waals surface area contributed by atoms with Crippen LogP contribution in [0.4, 0.5) is 4.39 Å². The Balaban J connectivity index is 2.17. The summed E-state index contributed by atoms with van der Waals surface area (Å²) in [6, 6.07) is 14.1. The van der Waals surface area contributed by atoms with Crippen molar-refractivity contribution >= 4 is 0 Å². The predicted molar refractivity (Wildman–Crippen MR) is 76.0 cm³/mol. The first kappa shape index (κ1) is 13.1. The van der Waals surface area contributed by atoms with Gasteiger partial charge in [-0.1, -0.05) is 49.1 Å². The van der Waals surface area contributed by atoms with Crippen molar-refractivity contribution < 1.29 is 9.13 Å². The minimum absolute atomic E-state index is 0.246. The van der Waals surface area contributed by atoms with Gasteiger partial charge in [-0.05, 0) is 36.2 Å². The topological polar surface area (TPSA) is 9.23 Å². The van der Waals surface area contributed by atoms with E-state index in [1.54, 1.807) is 30.3 Å². The molecule has 0 fully saturated rings. The molecule has 0 aromatic heterocycles. The smallest absolute Gasteiger partial charge is 0.165 e. The van der Waals surface area contributed by atoms with Crippen LogP contribution in [0.25, 0.3) is 0 Å². The molecule has 0 heterocycles. The average molecular weight is 254 g/mol. The van der Waals surface area contributed by atoms with Crippen molar-refractivity contribution in [2.24, 2.45) is 0 Å². The number of rotatable bonds is 5. The summed E-state index contributed by atoms with van der Waals surface area (Å²) in [5.41, 5.74) is 0.991. The van der Waals surface area contributed by atoms with Gasteiger partial charge in [0.05, 0.1) is 0 Å². The maximum Gasteiger partial charge on any atom is 0.165 e. The Bertz CT molecular complexity index is 573. The van der Waals surface area contributed by atoms with Gasteiger partial charge < -0.3 is 4.74 Å². The van der Waals surface area contributed by atoms with Gasteiger partial charge in [-0.2, -0.15) is 0 Å². The lowest BCUT2D eigenvalue weighted by molar-refractivity contribution is 0.441. The lowest BCUT2D eigenvalue weighted by Crippen LogP contribution is -1.90. The first-order chi connectivity index (χ1) is 9.29. The van der Waals surface area contributed by atoms with Crippen LogP contribution >= 0.6 is 0 Å². The fourth-order valence-corrected chi connectivity index (χ4v) is 1.67. The van der Waals surface area contributed by atoms with Gasteiger partial charge in [0.1, 0.15) is 5.75 Å². The van der Waals surface area contributed by atoms with E-state index in [-0.39, 0.29) is 11.6 Å². The molecule has 2 aromatic carbocycles. The standard InChI is InChI=1S/C17H15FO/c1-2-3-5-8-14-11-12-16(18)17(13-14)19-15-9-6-4-7-10-15/h2-7,9-13H,1,8H2/b5-3+. The van der Waals surface area contributed by atoms with Crippen molar-refractivity contribution in [1.29, 1.82) is 0 Å². The first-order valence-corrected chi connectivity index (χ1v) is 6.08. The van der Waals surface area contributed by atoms with Crippen LogP contribution in [0, 0.1) is 5.82 Å². The summed E-state index contributed by atoms with van der Waals surface area (Å²) in [6.07, 6.45) is 6.26. The van der Waals surface area contributed by atoms with E-state index in [1.807, 2.05) is 30.4 Å². The third kappa shape index (κ3) is 3.81. The van der Waals surface area contributed by atoms with Gasteiger partial charge in [0.25, 0.3) is 0 Å². The van der Waals surface area contributed by atoms with Gasteiger partial charge in [0, 0.05) is 0 Å². The van der Waals surface area contributed by atoms with Gasteiger partial charge in [0.15, 0.2) is 11.6 Å². The molecule has 0 radical (unpaired) electrons. The second kappa shape index (κ2) is 6.55. The van der Waals surface area contributed by atoms with Crippen molar-refractivity contribution in [2.75, 3.05) is 0 Å². The summed E-state index contributed by atoms with van der Waals surface area (Å²) in [5.74, 6) is 0.510. The molecule has 2 heteroatoms. The number of allylic oxidation sites excluding steroid dienone is 3. The van der Waals surface area contributed by atoms with Crippen molar-refractivity contribution in [1.82, 2.24) is 0 Å². The second-order valence-corrected chi connectivity index (χ2v) is 4.05. The molecule has 0 bridgehead atoms. The second-order valence-electron chi connectivity index (χ2n) is 4.05. The van der Waals surface area contributed by atoms with Crippen LogP contribution in [0.15, 0.2) is 73.3 Å². The summed E-state index contributed by atoms with van der Waals surface area (Å²) >= 11 is 0. The van der Waals surface area contributed by atoms with E-state index in [2.05, 4.69) is 6.58 Å². The SMILES string of the molecule is C=C/C=C/Cc1ccc(F)c(Oc2ccccc2)c1. The largest absolute Gasteiger partial charge is 0.454 e. The molecule has 0 unspecified atom stereocenters. The Hall–Kier alpha value is -2.35. The molecule has 0 aliphatic carbocycles. The average Bonchev–Trinajstić information content (AvgIpc) is 2.44. The van der Waals surface area contributed by atoms with E-state index in [1.165, 1.54) is 6.07 Å². The Kier molecular flexibility index (Phi) is 4.51. The summed E-state index contributed by atoms with van der Waals surface area (Å²) < 4.78 is 19.2. The zero-order chi connectivity index (χ0) is 13.5. The Morgan fingerprint density at radius 2 is 1.89 bits per heavy atom. The third-order valence-corrected chi connectivity index (χ3v) is 2.59. The van der Waals surface area contributed by atoms with Crippen LogP contribution in [-0.2, 0) is 6.42 Å². The maximum atomic E-state index is 13.7. The highest BCUT2D eigenvalue weighted by atomic mass is 19.1. The van der Waals surface area contributed by atoms with Crippen molar-refractivity contribution in [3.05, 3.63) is 84.7 Å². The molecule has 19 heavy (non-hydrogen) atoms. The van der Waals surface area contributed by atoms with Crippen LogP contribution in [0.1, 0.15) is 5.56 Å². The fourth-order valence-electron chi connectivity index (χ4n) is 1.67. The summed E-state index contributed by atoms with van der Waals surface area (Å²) in [6.45, 7) is 3.61. The molecule has 0 aliphatic rings. The molecular weight excluding hydrogens is 239 g/mol. The maximum absolute atomic E-state index is 13.7. The van der Waals surface area contributed by atoms with Crippen molar-refractivity contribution in [3.63, 3.8) is 0 Å². The monoisotopic (exact) mass is 254 g/mol. The van der Waals surface area contributed by atoms with Gasteiger partial charge in [-0.25, -0.2) is 4.39 Å². The Morgan fingerprint density at radius 3 is 2.63 bits per heavy atom. The molecule has 96 valence electrons. The minimum Gasteiger partial charge on any atom is -0.454 e. The molecule has 2 rings (SSSR count). The number of hydrogen-bond donors (Lipinski definition) is 0. The van der Waals surface area contributed by atoms with E-state index in [0.29, 0.717) is 5.75 Å². The highest BCUT2D eigenvalue weighted by Gasteiger charge is 2.05. The molecule has 0 amide bonds. The Labute approximate surface area is 112 Å². The molecule has 1 nitrogen and oxygen atoms in total. The van der Waals surface area contributed by atoms with Crippen LogP contribution < -0.4 is 4.74 Å². The van der Waals surface area contributed by atoms with E-state index < -0.39 is 0 Å². The summed E-state index contributed by atoms with van der Waals surface area (Å²) in [4.78, 5) is 0. The molecule has 2 aromatic rings. The van der Waals surface area contributed by atoms with Crippen molar-refractivity contribution in [3.8, 4) is 11.5 Å². The van der Waals surface area contributed by atoms with Crippen LogP contribution in [0.5, 0.6) is 11.5 Å². The van der Waals surface area contributed by atoms with E-state index in [4.69, 9.17) is 4.74 Å². The van der Waals surface area contributed by atoms with Crippen LogP contribution in [0.3, 0.4) is 0 Å². The number of halogens is 1. The lowest BCUT2D eigenvalue weighted by Gasteiger charge is -2.08. The number of hydrogen-bond acceptors (Lipinski definition) is 1. The minimum atomic E-state index is -0.361. The molecule has 0 atom stereocenters. The van der Waals surface area contributed by atoms with Crippen LogP contribution in [-0.4, -0.2) is 0 Å². The van der Waals surface area contributed by atoms with E-state index >= 15 is 0 Å². The number of benzene rings is 2. The molecule has 0 aliphatic heterocycles. The normalized spacial score (nSPS) is 10.6. The molecule has 0 saturated carbocycles. The van der Waals surface area contributed by atoms with Gasteiger partial charge >= 0.3 is 0 Å². The number of para-hydroxylation sites is 1. The van der Waals surface area contributed by atoms with Crippen LogP contribution in [0.2, 0.25) is 0 Å². The Morgan fingerprint density at radius 1 is 1.11 bits per heavy atom. The van der Waals surface area contributed by atoms with Gasteiger partial charge in [0.2, 0.25) is 0 Å².